The molecule has 0 saturated heterocycles. The Morgan fingerprint density at radius 3 is 2.06 bits per heavy atom. The minimum absolute atomic E-state index is 0.00399. The molecule has 15 nitrogen and oxygen atoms in total. The van der Waals surface area contributed by atoms with E-state index in [4.69, 9.17) is 44.2 Å². The zero-order valence-corrected chi connectivity index (χ0v) is 21.6. The van der Waals surface area contributed by atoms with E-state index in [0.29, 0.717) is 17.6 Å². The van der Waals surface area contributed by atoms with Gasteiger partial charge in [-0.25, -0.2) is 14.1 Å². The SMILES string of the molecule is CC(C)OC(=O)OCOP(=O)(COC(C)Cc1ccc2c(N)nc(N)nn12)OCOC(=O)OC(C)C. The molecule has 2 rings (SSSR count). The molecule has 16 heteroatoms. The first-order valence-electron chi connectivity index (χ1n) is 10.9. The van der Waals surface area contributed by atoms with Gasteiger partial charge in [0.05, 0.1) is 18.3 Å². The number of hydrogen-bond donors (Lipinski definition) is 2. The van der Waals surface area contributed by atoms with Crippen LogP contribution in [0.2, 0.25) is 0 Å². The smallest absolute Gasteiger partial charge is 0.432 e. The van der Waals surface area contributed by atoms with E-state index < -0.39 is 58.2 Å². The maximum Gasteiger partial charge on any atom is 0.510 e. The molecule has 0 aliphatic carbocycles. The van der Waals surface area contributed by atoms with Gasteiger partial charge in [0.25, 0.3) is 0 Å². The number of carbonyl (C=O) groups is 2. The fourth-order valence-corrected chi connectivity index (χ4v) is 3.78. The lowest BCUT2D eigenvalue weighted by Gasteiger charge is -2.21. The summed E-state index contributed by atoms with van der Waals surface area (Å²) in [5, 5.41) is 4.14. The Kier molecular flexibility index (Phi) is 10.7. The maximum absolute atomic E-state index is 13.1. The summed E-state index contributed by atoms with van der Waals surface area (Å²) in [4.78, 5) is 27.0. The molecule has 0 fully saturated rings. The summed E-state index contributed by atoms with van der Waals surface area (Å²) in [6, 6.07) is 3.50. The number of anilines is 2. The second-order valence-electron chi connectivity index (χ2n) is 8.01. The van der Waals surface area contributed by atoms with Gasteiger partial charge in [-0.2, -0.15) is 4.98 Å². The number of carbonyl (C=O) groups excluding carboxylic acids is 2. The summed E-state index contributed by atoms with van der Waals surface area (Å²) in [5.74, 6) is 0.227. The normalized spacial score (nSPS) is 12.6. The lowest BCUT2D eigenvalue weighted by Crippen LogP contribution is -2.19. The van der Waals surface area contributed by atoms with Gasteiger partial charge >= 0.3 is 19.9 Å². The van der Waals surface area contributed by atoms with Crippen molar-refractivity contribution in [1.82, 2.24) is 14.6 Å². The van der Waals surface area contributed by atoms with E-state index in [1.54, 1.807) is 46.8 Å². The fraction of sp³-hybridized carbons (Fsp3) is 0.600. The zero-order chi connectivity index (χ0) is 26.9. The molecule has 0 radical (unpaired) electrons. The first kappa shape index (κ1) is 29.1. The quantitative estimate of drug-likeness (QED) is 0.216. The van der Waals surface area contributed by atoms with Gasteiger partial charge in [-0.15, -0.1) is 5.10 Å². The second kappa shape index (κ2) is 13.3. The van der Waals surface area contributed by atoms with Crippen LogP contribution in [0.3, 0.4) is 0 Å². The molecular formula is C20H32N5O10P. The number of hydrogen-bond acceptors (Lipinski definition) is 14. The molecule has 0 spiro atoms. The van der Waals surface area contributed by atoms with Gasteiger partial charge in [0, 0.05) is 12.1 Å². The molecule has 36 heavy (non-hydrogen) atoms. The van der Waals surface area contributed by atoms with E-state index >= 15 is 0 Å². The van der Waals surface area contributed by atoms with Gasteiger partial charge in [-0.3, -0.25) is 13.6 Å². The molecule has 4 N–H and O–H groups in total. The molecule has 202 valence electrons. The van der Waals surface area contributed by atoms with Crippen LogP contribution in [-0.4, -0.2) is 65.2 Å². The first-order chi connectivity index (χ1) is 16.9. The molecule has 0 bridgehead atoms. The third-order valence-electron chi connectivity index (χ3n) is 4.16. The highest BCUT2D eigenvalue weighted by atomic mass is 31.2. The van der Waals surface area contributed by atoms with Gasteiger partial charge in [0.15, 0.2) is 5.82 Å². The van der Waals surface area contributed by atoms with Crippen LogP contribution in [0.1, 0.15) is 40.3 Å². The van der Waals surface area contributed by atoms with Crippen molar-refractivity contribution in [2.45, 2.75) is 59.4 Å². The highest BCUT2D eigenvalue weighted by molar-refractivity contribution is 7.53. The predicted molar refractivity (Wildman–Crippen MR) is 126 cm³/mol. The minimum Gasteiger partial charge on any atom is -0.432 e. The summed E-state index contributed by atoms with van der Waals surface area (Å²) < 4.78 is 49.6. The van der Waals surface area contributed by atoms with Gasteiger partial charge in [-0.05, 0) is 46.8 Å². The van der Waals surface area contributed by atoms with Gasteiger partial charge in [0.1, 0.15) is 11.9 Å². The van der Waals surface area contributed by atoms with E-state index in [-0.39, 0.29) is 11.8 Å². The summed E-state index contributed by atoms with van der Waals surface area (Å²) in [6.45, 7) is 6.71. The molecule has 0 saturated carbocycles. The minimum atomic E-state index is -4.07. The summed E-state index contributed by atoms with van der Waals surface area (Å²) in [5.41, 5.74) is 12.8. The maximum atomic E-state index is 13.1. The average molecular weight is 533 g/mol. The molecule has 2 aromatic rings. The molecule has 1 unspecified atom stereocenters. The molecule has 0 amide bonds. The third kappa shape index (κ3) is 9.49. The van der Waals surface area contributed by atoms with Crippen LogP contribution in [0.15, 0.2) is 12.1 Å². The predicted octanol–water partition coefficient (Wildman–Crippen LogP) is 3.06. The topological polar surface area (TPSA) is 198 Å². The Labute approximate surface area is 207 Å². The average Bonchev–Trinajstić information content (AvgIpc) is 3.14. The monoisotopic (exact) mass is 533 g/mol. The number of fused-ring (bicyclic) bond motifs is 1. The van der Waals surface area contributed by atoms with Crippen LogP contribution in [0.25, 0.3) is 5.52 Å². The van der Waals surface area contributed by atoms with Crippen molar-refractivity contribution in [2.24, 2.45) is 0 Å². The van der Waals surface area contributed by atoms with Crippen LogP contribution in [0.5, 0.6) is 0 Å². The summed E-state index contributed by atoms with van der Waals surface area (Å²) in [6.07, 6.45) is -3.65. The number of aromatic nitrogens is 3. The first-order valence-corrected chi connectivity index (χ1v) is 12.7. The number of nitrogens with two attached hydrogens (primary N) is 2. The molecule has 1 atom stereocenters. The number of rotatable bonds is 13. The van der Waals surface area contributed by atoms with Crippen LogP contribution < -0.4 is 11.5 Å². The van der Waals surface area contributed by atoms with E-state index in [2.05, 4.69) is 10.1 Å². The van der Waals surface area contributed by atoms with Crippen LogP contribution in [-0.2, 0) is 43.7 Å². The molecular weight excluding hydrogens is 501 g/mol. The Hall–Kier alpha value is -3.13. The van der Waals surface area contributed by atoms with Gasteiger partial charge in [-0.1, -0.05) is 0 Å². The second-order valence-corrected chi connectivity index (χ2v) is 10.0. The number of nitrogen functional groups attached to an aromatic ring is 2. The van der Waals surface area contributed by atoms with Crippen molar-refractivity contribution in [3.8, 4) is 0 Å². The van der Waals surface area contributed by atoms with E-state index in [1.807, 2.05) is 0 Å². The fourth-order valence-electron chi connectivity index (χ4n) is 2.69. The molecule has 0 aliphatic heterocycles. The van der Waals surface area contributed by atoms with Crippen molar-refractivity contribution in [3.05, 3.63) is 17.8 Å². The van der Waals surface area contributed by atoms with Crippen molar-refractivity contribution >= 4 is 37.2 Å². The lowest BCUT2D eigenvalue weighted by molar-refractivity contribution is -0.0364. The summed E-state index contributed by atoms with van der Waals surface area (Å²) >= 11 is 0. The molecule has 2 aromatic heterocycles. The highest BCUT2D eigenvalue weighted by Crippen LogP contribution is 2.48. The van der Waals surface area contributed by atoms with Gasteiger partial charge in [0.2, 0.25) is 19.5 Å². The summed E-state index contributed by atoms with van der Waals surface area (Å²) in [7, 11) is -4.07. The lowest BCUT2D eigenvalue weighted by atomic mass is 10.2. The number of ether oxygens (including phenoxy) is 5. The Balaban J connectivity index is 1.98. The van der Waals surface area contributed by atoms with Crippen LogP contribution in [0, 0.1) is 0 Å². The van der Waals surface area contributed by atoms with E-state index in [0.717, 1.165) is 0 Å². The van der Waals surface area contributed by atoms with Gasteiger partial charge < -0.3 is 35.2 Å². The largest absolute Gasteiger partial charge is 0.510 e. The van der Waals surface area contributed by atoms with Crippen LogP contribution >= 0.6 is 7.60 Å². The third-order valence-corrected chi connectivity index (χ3v) is 5.63. The Bertz CT molecular complexity index is 1040. The van der Waals surface area contributed by atoms with Crippen molar-refractivity contribution in [1.29, 1.82) is 0 Å². The van der Waals surface area contributed by atoms with Crippen molar-refractivity contribution in [2.75, 3.05) is 31.4 Å². The molecule has 0 aromatic carbocycles. The number of nitrogens with zero attached hydrogens (tertiary/aromatic N) is 3. The van der Waals surface area contributed by atoms with E-state index in [1.165, 1.54) is 4.52 Å². The molecule has 2 heterocycles. The zero-order valence-electron chi connectivity index (χ0n) is 20.7. The van der Waals surface area contributed by atoms with E-state index in [9.17, 15) is 14.2 Å². The van der Waals surface area contributed by atoms with Crippen LogP contribution in [0.4, 0.5) is 21.4 Å². The van der Waals surface area contributed by atoms with Crippen molar-refractivity contribution < 1.29 is 46.9 Å². The molecule has 0 aliphatic rings. The Morgan fingerprint density at radius 2 is 1.53 bits per heavy atom. The highest BCUT2D eigenvalue weighted by Gasteiger charge is 2.29. The standard InChI is InChI=1S/C20H32N5O10P/c1-12(2)34-19(26)29-9-32-36(28,33-10-30-20(27)35-13(3)4)11-31-14(5)8-15-6-7-16-17(21)23-18(22)24-25(15)16/h6-7,12-14H,8-11H2,1-5H3,(H4,21,22,23,24). The Morgan fingerprint density at radius 1 is 0.972 bits per heavy atom. The van der Waals surface area contributed by atoms with Crippen molar-refractivity contribution in [3.63, 3.8) is 0 Å².